The van der Waals surface area contributed by atoms with Gasteiger partial charge in [0.1, 0.15) is 0 Å². The van der Waals surface area contributed by atoms with Crippen molar-refractivity contribution in [3.8, 4) is 0 Å². The van der Waals surface area contributed by atoms with Gasteiger partial charge in [0.05, 0.1) is 6.04 Å². The van der Waals surface area contributed by atoms with Gasteiger partial charge in [0, 0.05) is 18.1 Å². The van der Waals surface area contributed by atoms with Crippen LogP contribution in [-0.2, 0) is 0 Å². The zero-order chi connectivity index (χ0) is 13.7. The van der Waals surface area contributed by atoms with Gasteiger partial charge < -0.3 is 9.47 Å². The highest BCUT2D eigenvalue weighted by molar-refractivity contribution is 5.85. The first kappa shape index (κ1) is 14.6. The van der Waals surface area contributed by atoms with Crippen molar-refractivity contribution >= 4 is 23.2 Å². The molecular weight excluding hydrogens is 284 g/mol. The van der Waals surface area contributed by atoms with Crippen LogP contribution in [0.1, 0.15) is 24.4 Å². The molecule has 0 unspecified atom stereocenters. The van der Waals surface area contributed by atoms with Gasteiger partial charge in [0.2, 0.25) is 0 Å². The highest BCUT2D eigenvalue weighted by atomic mass is 35.5. The predicted octanol–water partition coefficient (Wildman–Crippen LogP) is 3.00. The highest BCUT2D eigenvalue weighted by Gasteiger charge is 2.35. The molecule has 1 aromatic carbocycles. The molecule has 0 aliphatic carbocycles. The Morgan fingerprint density at radius 3 is 2.52 bits per heavy atom. The average Bonchev–Trinajstić information content (AvgIpc) is 2.50. The fourth-order valence-electron chi connectivity index (χ4n) is 3.96. The van der Waals surface area contributed by atoms with E-state index >= 15 is 0 Å². The molecule has 1 aromatic heterocycles. The fourth-order valence-corrected chi connectivity index (χ4v) is 3.96. The van der Waals surface area contributed by atoms with Crippen molar-refractivity contribution in [2.24, 2.45) is 5.92 Å². The molecule has 4 heteroatoms. The zero-order valence-corrected chi connectivity index (χ0v) is 13.1. The molecule has 3 nitrogen and oxygen atoms in total. The maximum atomic E-state index is 12.8. The first-order chi connectivity index (χ1) is 9.74. The first-order valence-corrected chi connectivity index (χ1v) is 7.57. The summed E-state index contributed by atoms with van der Waals surface area (Å²) in [6.45, 7) is 5.54. The molecule has 2 bridgehead atoms. The molecule has 2 aromatic rings. The predicted molar refractivity (Wildman–Crippen MR) is 88.4 cm³/mol. The Bertz CT molecular complexity index is 716. The fraction of sp³-hybridized carbons (Fsp3) is 0.471. The van der Waals surface area contributed by atoms with Crippen molar-refractivity contribution in [2.45, 2.75) is 25.8 Å². The third kappa shape index (κ3) is 2.29. The van der Waals surface area contributed by atoms with E-state index in [1.54, 1.807) is 0 Å². The normalized spacial score (nSPS) is 27.6. The van der Waals surface area contributed by atoms with Crippen molar-refractivity contribution in [3.63, 3.8) is 0 Å². The van der Waals surface area contributed by atoms with E-state index < -0.39 is 0 Å². The van der Waals surface area contributed by atoms with E-state index in [1.165, 1.54) is 31.5 Å². The van der Waals surface area contributed by atoms with E-state index in [0.717, 1.165) is 17.3 Å². The Balaban J connectivity index is 0.00000132. The van der Waals surface area contributed by atoms with Crippen LogP contribution in [0.4, 0.5) is 0 Å². The number of aromatic nitrogens is 1. The lowest BCUT2D eigenvalue weighted by molar-refractivity contribution is 0.0556. The minimum atomic E-state index is 0. The monoisotopic (exact) mass is 304 g/mol. The van der Waals surface area contributed by atoms with Crippen LogP contribution in [0.15, 0.2) is 35.3 Å². The van der Waals surface area contributed by atoms with E-state index in [-0.39, 0.29) is 18.0 Å². The van der Waals surface area contributed by atoms with Crippen molar-refractivity contribution < 1.29 is 0 Å². The number of aryl methyl sites for hydroxylation is 1. The summed E-state index contributed by atoms with van der Waals surface area (Å²) in [6.07, 6.45) is 4.50. The van der Waals surface area contributed by atoms with Crippen molar-refractivity contribution in [1.82, 2.24) is 9.47 Å². The number of hydrogen-bond acceptors (Lipinski definition) is 2. The van der Waals surface area contributed by atoms with Crippen molar-refractivity contribution in [2.75, 3.05) is 19.6 Å². The molecular formula is C17H21ClN2O. The van der Waals surface area contributed by atoms with Gasteiger partial charge in [-0.1, -0.05) is 12.1 Å². The standard InChI is InChI=1S/C17H20N2O.ClH/c1-12-3-2-4-15-14(12)7-10-19(17(15)20)16-11-18-8-5-13(16)6-9-18;/h2-4,7,10,13,16H,5-6,8-9,11H2,1H3;1H/t16-;/m0./s1. The molecule has 0 saturated carbocycles. The van der Waals surface area contributed by atoms with Crippen LogP contribution >= 0.6 is 12.4 Å². The summed E-state index contributed by atoms with van der Waals surface area (Å²) in [7, 11) is 0. The summed E-state index contributed by atoms with van der Waals surface area (Å²) in [4.78, 5) is 15.3. The minimum absolute atomic E-state index is 0. The number of piperidine rings is 3. The summed E-state index contributed by atoms with van der Waals surface area (Å²) in [5.74, 6) is 0.681. The number of halogens is 1. The number of nitrogens with zero attached hydrogens (tertiary/aromatic N) is 2. The van der Waals surface area contributed by atoms with Crippen LogP contribution in [-0.4, -0.2) is 29.1 Å². The lowest BCUT2D eigenvalue weighted by Gasteiger charge is -2.45. The number of benzene rings is 1. The number of rotatable bonds is 1. The van der Waals surface area contributed by atoms with Gasteiger partial charge in [0.25, 0.3) is 5.56 Å². The Morgan fingerprint density at radius 2 is 1.86 bits per heavy atom. The largest absolute Gasteiger partial charge is 0.310 e. The quantitative estimate of drug-likeness (QED) is 0.809. The Labute approximate surface area is 131 Å². The second-order valence-corrected chi connectivity index (χ2v) is 6.27. The second kappa shape index (κ2) is 5.47. The molecule has 3 fully saturated rings. The van der Waals surface area contributed by atoms with Crippen LogP contribution < -0.4 is 5.56 Å². The Hall–Kier alpha value is -1.32. The van der Waals surface area contributed by atoms with Gasteiger partial charge in [-0.3, -0.25) is 4.79 Å². The smallest absolute Gasteiger partial charge is 0.258 e. The molecule has 3 aliphatic heterocycles. The van der Waals surface area contributed by atoms with Crippen LogP contribution in [0, 0.1) is 12.8 Å². The molecule has 0 radical (unpaired) electrons. The Kier molecular flexibility index (Phi) is 3.80. The van der Waals surface area contributed by atoms with Gasteiger partial charge in [-0.25, -0.2) is 0 Å². The maximum Gasteiger partial charge on any atom is 0.258 e. The van der Waals surface area contributed by atoms with Gasteiger partial charge in [-0.15, -0.1) is 12.4 Å². The van der Waals surface area contributed by atoms with Gasteiger partial charge >= 0.3 is 0 Å². The summed E-state index contributed by atoms with van der Waals surface area (Å²) in [6, 6.07) is 8.50. The molecule has 0 N–H and O–H groups in total. The topological polar surface area (TPSA) is 25.2 Å². The number of hydrogen-bond donors (Lipinski definition) is 0. The summed E-state index contributed by atoms with van der Waals surface area (Å²) < 4.78 is 2.00. The summed E-state index contributed by atoms with van der Waals surface area (Å²) in [5, 5.41) is 1.96. The third-order valence-corrected chi connectivity index (χ3v) is 5.17. The van der Waals surface area contributed by atoms with Gasteiger partial charge in [0.15, 0.2) is 0 Å². The zero-order valence-electron chi connectivity index (χ0n) is 12.3. The molecule has 4 heterocycles. The van der Waals surface area contributed by atoms with E-state index in [0.29, 0.717) is 12.0 Å². The molecule has 0 spiro atoms. The van der Waals surface area contributed by atoms with Crippen LogP contribution in [0.2, 0.25) is 0 Å². The molecule has 3 saturated heterocycles. The number of pyridine rings is 1. The maximum absolute atomic E-state index is 12.8. The van der Waals surface area contributed by atoms with Crippen molar-refractivity contribution in [1.29, 1.82) is 0 Å². The van der Waals surface area contributed by atoms with Crippen molar-refractivity contribution in [3.05, 3.63) is 46.4 Å². The van der Waals surface area contributed by atoms with E-state index in [2.05, 4.69) is 24.0 Å². The lowest BCUT2D eigenvalue weighted by Crippen LogP contribution is -2.49. The molecule has 1 atom stereocenters. The van der Waals surface area contributed by atoms with E-state index in [9.17, 15) is 4.79 Å². The highest BCUT2D eigenvalue weighted by Crippen LogP contribution is 2.35. The molecule has 112 valence electrons. The molecule has 0 amide bonds. The Morgan fingerprint density at radius 1 is 1.10 bits per heavy atom. The average molecular weight is 305 g/mol. The van der Waals surface area contributed by atoms with E-state index in [1.807, 2.05) is 22.9 Å². The SMILES string of the molecule is Cc1cccc2c(=O)n([C@H]3CN4CCC3CC4)ccc12.Cl. The summed E-state index contributed by atoms with van der Waals surface area (Å²) in [5.41, 5.74) is 1.37. The molecule has 5 rings (SSSR count). The summed E-state index contributed by atoms with van der Waals surface area (Å²) >= 11 is 0. The van der Waals surface area contributed by atoms with E-state index in [4.69, 9.17) is 0 Å². The third-order valence-electron chi connectivity index (χ3n) is 5.17. The lowest BCUT2D eigenvalue weighted by atomic mass is 9.83. The number of fused-ring (bicyclic) bond motifs is 4. The molecule has 3 aliphatic rings. The van der Waals surface area contributed by atoms with Gasteiger partial charge in [-0.2, -0.15) is 0 Å². The second-order valence-electron chi connectivity index (χ2n) is 6.27. The molecule has 21 heavy (non-hydrogen) atoms. The van der Waals surface area contributed by atoms with Crippen LogP contribution in [0.5, 0.6) is 0 Å². The van der Waals surface area contributed by atoms with Crippen LogP contribution in [0.3, 0.4) is 0 Å². The van der Waals surface area contributed by atoms with Crippen LogP contribution in [0.25, 0.3) is 10.8 Å². The minimum Gasteiger partial charge on any atom is -0.310 e. The van der Waals surface area contributed by atoms with Gasteiger partial charge in [-0.05, 0) is 61.9 Å². The first-order valence-electron chi connectivity index (χ1n) is 7.57.